The van der Waals surface area contributed by atoms with Crippen LogP contribution in [-0.2, 0) is 17.6 Å². The summed E-state index contributed by atoms with van der Waals surface area (Å²) in [5, 5.41) is 16.1. The lowest BCUT2D eigenvalue weighted by Gasteiger charge is -2.11. The Bertz CT molecular complexity index is 728. The highest BCUT2D eigenvalue weighted by atomic mass is 32.1. The van der Waals surface area contributed by atoms with Gasteiger partial charge in [-0.2, -0.15) is 5.26 Å². The molecule has 0 saturated heterocycles. The van der Waals surface area contributed by atoms with E-state index >= 15 is 0 Å². The number of fused-ring (bicyclic) bond motifs is 1. The van der Waals surface area contributed by atoms with Gasteiger partial charge in [-0.05, 0) is 50.3 Å². The first kappa shape index (κ1) is 15.8. The van der Waals surface area contributed by atoms with Gasteiger partial charge in [-0.1, -0.05) is 0 Å². The van der Waals surface area contributed by atoms with Crippen LogP contribution in [0, 0.1) is 11.3 Å². The number of furan rings is 1. The average Bonchev–Trinajstić information content (AvgIpc) is 3.19. The molecule has 1 atom stereocenters. The molecule has 2 aromatic rings. The summed E-state index contributed by atoms with van der Waals surface area (Å²) in [6.07, 6.45) is 5.85. The van der Waals surface area contributed by atoms with Gasteiger partial charge in [-0.3, -0.25) is 10.1 Å². The fraction of sp³-hybridized carbons (Fsp3) is 0.412. The minimum atomic E-state index is -0.140. The van der Waals surface area contributed by atoms with Crippen LogP contribution in [-0.4, -0.2) is 12.5 Å². The van der Waals surface area contributed by atoms with E-state index in [4.69, 9.17) is 4.42 Å². The lowest BCUT2D eigenvalue weighted by Crippen LogP contribution is -2.29. The highest BCUT2D eigenvalue weighted by Crippen LogP contribution is 2.37. The maximum atomic E-state index is 12.2. The maximum absolute atomic E-state index is 12.2. The van der Waals surface area contributed by atoms with E-state index in [1.165, 1.54) is 4.88 Å². The Labute approximate surface area is 139 Å². The fourth-order valence-electron chi connectivity index (χ4n) is 2.83. The second-order valence-corrected chi connectivity index (χ2v) is 6.80. The molecule has 2 heterocycles. The van der Waals surface area contributed by atoms with E-state index in [9.17, 15) is 10.1 Å². The van der Waals surface area contributed by atoms with Gasteiger partial charge >= 0.3 is 0 Å². The third kappa shape index (κ3) is 3.46. The zero-order valence-corrected chi connectivity index (χ0v) is 13.8. The molecule has 0 aliphatic heterocycles. The molecular formula is C17H19N3O2S. The van der Waals surface area contributed by atoms with Crippen molar-refractivity contribution in [2.24, 2.45) is 0 Å². The molecule has 5 nitrogen and oxygen atoms in total. The predicted octanol–water partition coefficient (Wildman–Crippen LogP) is 3.38. The van der Waals surface area contributed by atoms with Crippen LogP contribution in [0.2, 0.25) is 0 Å². The van der Waals surface area contributed by atoms with Gasteiger partial charge in [0.1, 0.15) is 16.8 Å². The van der Waals surface area contributed by atoms with Crippen LogP contribution in [0.4, 0.5) is 5.00 Å². The highest BCUT2D eigenvalue weighted by Gasteiger charge is 2.21. The molecule has 0 spiro atoms. The standard InChI is InChI=1S/C17H19N3O2S/c1-11(14-6-4-8-22-14)19-10-16(21)20-17-13(9-18)12-5-2-3-7-15(12)23-17/h4,6,8,11,19H,2-3,5,7,10H2,1H3,(H,20,21)/t11-/m0/s1. The number of anilines is 1. The summed E-state index contributed by atoms with van der Waals surface area (Å²) in [6, 6.07) is 5.91. The van der Waals surface area contributed by atoms with E-state index in [2.05, 4.69) is 16.7 Å². The Kier molecular flexibility index (Phi) is 4.79. The van der Waals surface area contributed by atoms with Crippen molar-refractivity contribution < 1.29 is 9.21 Å². The van der Waals surface area contributed by atoms with Gasteiger partial charge in [0.15, 0.2) is 0 Å². The summed E-state index contributed by atoms with van der Waals surface area (Å²) in [4.78, 5) is 13.4. The minimum absolute atomic E-state index is 0.0391. The second-order valence-electron chi connectivity index (χ2n) is 5.69. The van der Waals surface area contributed by atoms with Crippen molar-refractivity contribution >= 4 is 22.2 Å². The van der Waals surface area contributed by atoms with Crippen molar-refractivity contribution in [3.8, 4) is 6.07 Å². The van der Waals surface area contributed by atoms with Crippen LogP contribution in [0.3, 0.4) is 0 Å². The maximum Gasteiger partial charge on any atom is 0.238 e. The lowest BCUT2D eigenvalue weighted by atomic mass is 9.96. The molecule has 0 saturated carbocycles. The number of aryl methyl sites for hydroxylation is 1. The zero-order valence-electron chi connectivity index (χ0n) is 13.0. The van der Waals surface area contributed by atoms with Crippen molar-refractivity contribution in [3.05, 3.63) is 40.2 Å². The summed E-state index contributed by atoms with van der Waals surface area (Å²) < 4.78 is 5.30. The largest absolute Gasteiger partial charge is 0.468 e. The summed E-state index contributed by atoms with van der Waals surface area (Å²) in [5.74, 6) is 0.653. The first-order valence-corrected chi connectivity index (χ1v) is 8.62. The van der Waals surface area contributed by atoms with Crippen molar-refractivity contribution in [2.75, 3.05) is 11.9 Å². The first-order chi connectivity index (χ1) is 11.2. The molecule has 0 fully saturated rings. The van der Waals surface area contributed by atoms with Crippen molar-refractivity contribution in [2.45, 2.75) is 38.6 Å². The van der Waals surface area contributed by atoms with Crippen LogP contribution in [0.25, 0.3) is 0 Å². The molecule has 120 valence electrons. The summed E-state index contributed by atoms with van der Waals surface area (Å²) in [5.41, 5.74) is 1.79. The number of rotatable bonds is 5. The van der Waals surface area contributed by atoms with E-state index in [0.717, 1.165) is 37.0 Å². The van der Waals surface area contributed by atoms with E-state index in [1.54, 1.807) is 17.6 Å². The summed E-state index contributed by atoms with van der Waals surface area (Å²) in [6.45, 7) is 2.12. The molecule has 6 heteroatoms. The van der Waals surface area contributed by atoms with Crippen molar-refractivity contribution in [1.29, 1.82) is 5.26 Å². The minimum Gasteiger partial charge on any atom is -0.468 e. The Balaban J connectivity index is 1.62. The van der Waals surface area contributed by atoms with Crippen molar-refractivity contribution in [1.82, 2.24) is 5.32 Å². The van der Waals surface area contributed by atoms with Gasteiger partial charge in [0.2, 0.25) is 5.91 Å². The molecule has 2 N–H and O–H groups in total. The van der Waals surface area contributed by atoms with E-state index < -0.39 is 0 Å². The van der Waals surface area contributed by atoms with Crippen LogP contribution in [0.15, 0.2) is 22.8 Å². The second kappa shape index (κ2) is 6.99. The monoisotopic (exact) mass is 329 g/mol. The number of hydrogen-bond acceptors (Lipinski definition) is 5. The summed E-state index contributed by atoms with van der Waals surface area (Å²) in [7, 11) is 0. The third-order valence-corrected chi connectivity index (χ3v) is 5.28. The quantitative estimate of drug-likeness (QED) is 0.881. The Morgan fingerprint density at radius 2 is 2.30 bits per heavy atom. The number of nitriles is 1. The molecule has 0 bridgehead atoms. The molecule has 1 aliphatic rings. The molecule has 0 radical (unpaired) electrons. The number of hydrogen-bond donors (Lipinski definition) is 2. The Morgan fingerprint density at radius 1 is 1.48 bits per heavy atom. The number of nitrogens with zero attached hydrogens (tertiary/aromatic N) is 1. The van der Waals surface area contributed by atoms with Crippen LogP contribution in [0.5, 0.6) is 0 Å². The molecule has 1 aliphatic carbocycles. The lowest BCUT2D eigenvalue weighted by molar-refractivity contribution is -0.115. The topological polar surface area (TPSA) is 78.1 Å². The molecular weight excluding hydrogens is 310 g/mol. The van der Waals surface area contributed by atoms with E-state index in [0.29, 0.717) is 10.6 Å². The molecule has 23 heavy (non-hydrogen) atoms. The molecule has 1 amide bonds. The number of carbonyl (C=O) groups is 1. The normalized spacial score (nSPS) is 14.8. The Hall–Kier alpha value is -2.10. The van der Waals surface area contributed by atoms with Gasteiger partial charge in [-0.25, -0.2) is 0 Å². The van der Waals surface area contributed by atoms with E-state index in [-0.39, 0.29) is 18.5 Å². The van der Waals surface area contributed by atoms with Crippen LogP contribution in [0.1, 0.15) is 47.6 Å². The van der Waals surface area contributed by atoms with Gasteiger partial charge < -0.3 is 9.73 Å². The molecule has 0 aromatic carbocycles. The summed E-state index contributed by atoms with van der Waals surface area (Å²) >= 11 is 1.55. The fourth-order valence-corrected chi connectivity index (χ4v) is 4.08. The smallest absolute Gasteiger partial charge is 0.238 e. The van der Waals surface area contributed by atoms with Gasteiger partial charge in [0, 0.05) is 4.88 Å². The molecule has 3 rings (SSSR count). The average molecular weight is 329 g/mol. The number of nitrogens with one attached hydrogen (secondary N) is 2. The zero-order chi connectivity index (χ0) is 16.2. The van der Waals surface area contributed by atoms with Crippen LogP contribution >= 0.6 is 11.3 Å². The number of carbonyl (C=O) groups excluding carboxylic acids is 1. The van der Waals surface area contributed by atoms with Crippen molar-refractivity contribution in [3.63, 3.8) is 0 Å². The first-order valence-electron chi connectivity index (χ1n) is 7.80. The Morgan fingerprint density at radius 3 is 3.04 bits per heavy atom. The van der Waals surface area contributed by atoms with Gasteiger partial charge in [-0.15, -0.1) is 11.3 Å². The van der Waals surface area contributed by atoms with Crippen LogP contribution < -0.4 is 10.6 Å². The van der Waals surface area contributed by atoms with E-state index in [1.807, 2.05) is 19.1 Å². The highest BCUT2D eigenvalue weighted by molar-refractivity contribution is 7.16. The number of amides is 1. The van der Waals surface area contributed by atoms with Gasteiger partial charge in [0.05, 0.1) is 24.4 Å². The SMILES string of the molecule is C[C@H](NCC(=O)Nc1sc2c(c1C#N)CCCC2)c1ccco1. The third-order valence-electron chi connectivity index (χ3n) is 4.07. The number of thiophene rings is 1. The molecule has 0 unspecified atom stereocenters. The predicted molar refractivity (Wildman–Crippen MR) is 89.4 cm³/mol. The van der Waals surface area contributed by atoms with Gasteiger partial charge in [0.25, 0.3) is 0 Å². The molecule has 2 aromatic heterocycles.